The Balaban J connectivity index is 2.07. The molecule has 0 atom stereocenters. The summed E-state index contributed by atoms with van der Waals surface area (Å²) in [6.07, 6.45) is 2.89. The quantitative estimate of drug-likeness (QED) is 0.677. The van der Waals surface area contributed by atoms with Crippen LogP contribution in [0.2, 0.25) is 0 Å². The first kappa shape index (κ1) is 10.1. The van der Waals surface area contributed by atoms with Gasteiger partial charge in [0.1, 0.15) is 5.75 Å². The van der Waals surface area contributed by atoms with Crippen LogP contribution in [-0.4, -0.2) is 18.3 Å². The summed E-state index contributed by atoms with van der Waals surface area (Å²) >= 11 is 0. The Labute approximate surface area is 79.2 Å². The Hall–Kier alpha value is -1.02. The molecule has 1 aromatic carbocycles. The standard InChI is InChI=1S/C11H15O2/c12-9-5-2-6-10-13-11-7-3-1-4-8-11/h3-4,7-8,12H,2,5-6,9-10H2. The van der Waals surface area contributed by atoms with Crippen molar-refractivity contribution >= 4 is 0 Å². The normalized spacial score (nSPS) is 9.92. The van der Waals surface area contributed by atoms with Gasteiger partial charge in [-0.2, -0.15) is 0 Å². The van der Waals surface area contributed by atoms with Crippen molar-refractivity contribution < 1.29 is 9.84 Å². The molecule has 71 valence electrons. The largest absolute Gasteiger partial charge is 0.494 e. The summed E-state index contributed by atoms with van der Waals surface area (Å²) in [7, 11) is 0. The predicted octanol–water partition coefficient (Wildman–Crippen LogP) is 2.03. The summed E-state index contributed by atoms with van der Waals surface area (Å²) in [6, 6.07) is 10.4. The molecule has 1 rings (SSSR count). The first-order valence-corrected chi connectivity index (χ1v) is 4.63. The number of benzene rings is 1. The summed E-state index contributed by atoms with van der Waals surface area (Å²) in [5, 5.41) is 8.54. The van der Waals surface area contributed by atoms with Crippen LogP contribution >= 0.6 is 0 Å². The molecule has 0 fully saturated rings. The van der Waals surface area contributed by atoms with Crippen molar-refractivity contribution in [3.05, 3.63) is 30.3 Å². The highest BCUT2D eigenvalue weighted by molar-refractivity contribution is 5.20. The molecule has 0 bridgehead atoms. The van der Waals surface area contributed by atoms with Crippen molar-refractivity contribution in [3.63, 3.8) is 0 Å². The van der Waals surface area contributed by atoms with E-state index in [1.54, 1.807) is 0 Å². The van der Waals surface area contributed by atoms with Gasteiger partial charge in [-0.05, 0) is 37.5 Å². The number of aliphatic hydroxyl groups is 1. The van der Waals surface area contributed by atoms with Crippen LogP contribution in [0.4, 0.5) is 0 Å². The van der Waals surface area contributed by atoms with E-state index in [-0.39, 0.29) is 6.61 Å². The Bertz CT molecular complexity index is 209. The molecule has 2 heteroatoms. The molecule has 0 heterocycles. The lowest BCUT2D eigenvalue weighted by atomic mass is 10.2. The minimum Gasteiger partial charge on any atom is -0.494 e. The second-order valence-electron chi connectivity index (χ2n) is 2.87. The third-order valence-electron chi connectivity index (χ3n) is 1.76. The first-order valence-electron chi connectivity index (χ1n) is 4.63. The number of rotatable bonds is 6. The topological polar surface area (TPSA) is 29.5 Å². The number of unbranched alkanes of at least 4 members (excludes halogenated alkanes) is 2. The van der Waals surface area contributed by atoms with E-state index in [2.05, 4.69) is 6.07 Å². The zero-order valence-electron chi connectivity index (χ0n) is 7.70. The van der Waals surface area contributed by atoms with E-state index in [4.69, 9.17) is 9.84 Å². The van der Waals surface area contributed by atoms with Crippen molar-refractivity contribution in [2.75, 3.05) is 13.2 Å². The highest BCUT2D eigenvalue weighted by Gasteiger charge is 1.91. The summed E-state index contributed by atoms with van der Waals surface area (Å²) in [5.74, 6) is 0.891. The van der Waals surface area contributed by atoms with Gasteiger partial charge < -0.3 is 9.84 Å². The van der Waals surface area contributed by atoms with Crippen LogP contribution in [-0.2, 0) is 0 Å². The van der Waals surface area contributed by atoms with Gasteiger partial charge in [-0.15, -0.1) is 0 Å². The molecule has 0 saturated carbocycles. The summed E-state index contributed by atoms with van der Waals surface area (Å²) in [6.45, 7) is 1.00. The van der Waals surface area contributed by atoms with Gasteiger partial charge in [-0.1, -0.05) is 12.1 Å². The fourth-order valence-electron chi connectivity index (χ4n) is 1.05. The first-order chi connectivity index (χ1) is 6.43. The molecular formula is C11H15O2. The molecule has 2 nitrogen and oxygen atoms in total. The van der Waals surface area contributed by atoms with E-state index >= 15 is 0 Å². The van der Waals surface area contributed by atoms with Crippen LogP contribution in [0.5, 0.6) is 5.75 Å². The van der Waals surface area contributed by atoms with Gasteiger partial charge in [0.2, 0.25) is 0 Å². The maximum atomic E-state index is 8.54. The Kier molecular flexibility index (Phi) is 5.02. The number of aliphatic hydroxyl groups excluding tert-OH is 1. The van der Waals surface area contributed by atoms with Crippen LogP contribution in [0.1, 0.15) is 19.3 Å². The molecule has 1 N–H and O–H groups in total. The van der Waals surface area contributed by atoms with Crippen molar-refractivity contribution in [1.82, 2.24) is 0 Å². The van der Waals surface area contributed by atoms with Crippen LogP contribution in [0.15, 0.2) is 24.3 Å². The average Bonchev–Trinajstić information content (AvgIpc) is 2.19. The molecule has 1 aromatic rings. The van der Waals surface area contributed by atoms with E-state index in [9.17, 15) is 0 Å². The monoisotopic (exact) mass is 179 g/mol. The lowest BCUT2D eigenvalue weighted by molar-refractivity contribution is 0.266. The maximum absolute atomic E-state index is 8.54. The van der Waals surface area contributed by atoms with Crippen LogP contribution in [0, 0.1) is 6.07 Å². The Morgan fingerprint density at radius 1 is 1.15 bits per heavy atom. The lowest BCUT2D eigenvalue weighted by Crippen LogP contribution is -1.97. The second-order valence-corrected chi connectivity index (χ2v) is 2.87. The molecule has 0 saturated heterocycles. The van der Waals surface area contributed by atoms with Crippen molar-refractivity contribution in [2.45, 2.75) is 19.3 Å². The molecular weight excluding hydrogens is 164 g/mol. The van der Waals surface area contributed by atoms with Gasteiger partial charge in [0.25, 0.3) is 0 Å². The molecule has 13 heavy (non-hydrogen) atoms. The van der Waals surface area contributed by atoms with Crippen molar-refractivity contribution in [3.8, 4) is 5.75 Å². The molecule has 0 amide bonds. The van der Waals surface area contributed by atoms with Gasteiger partial charge in [-0.25, -0.2) is 0 Å². The van der Waals surface area contributed by atoms with E-state index in [1.807, 2.05) is 24.3 Å². The fraction of sp³-hybridized carbons (Fsp3) is 0.455. The molecule has 1 radical (unpaired) electrons. The van der Waals surface area contributed by atoms with Gasteiger partial charge in [0.15, 0.2) is 0 Å². The fourth-order valence-corrected chi connectivity index (χ4v) is 1.05. The minimum atomic E-state index is 0.278. The van der Waals surface area contributed by atoms with Gasteiger partial charge in [0, 0.05) is 6.61 Å². The van der Waals surface area contributed by atoms with E-state index in [1.165, 1.54) is 0 Å². The van der Waals surface area contributed by atoms with Gasteiger partial charge in [0.05, 0.1) is 6.61 Å². The highest BCUT2D eigenvalue weighted by Crippen LogP contribution is 2.08. The Morgan fingerprint density at radius 2 is 1.92 bits per heavy atom. The van der Waals surface area contributed by atoms with Crippen molar-refractivity contribution in [1.29, 1.82) is 0 Å². The lowest BCUT2D eigenvalue weighted by Gasteiger charge is -2.04. The summed E-state index contributed by atoms with van der Waals surface area (Å²) in [5.41, 5.74) is 0. The zero-order valence-corrected chi connectivity index (χ0v) is 7.70. The number of hydrogen-bond acceptors (Lipinski definition) is 2. The maximum Gasteiger partial charge on any atom is 0.119 e. The molecule has 0 aromatic heterocycles. The summed E-state index contributed by atoms with van der Waals surface area (Å²) in [4.78, 5) is 0. The van der Waals surface area contributed by atoms with Gasteiger partial charge in [-0.3, -0.25) is 0 Å². The van der Waals surface area contributed by atoms with E-state index in [0.29, 0.717) is 0 Å². The third kappa shape index (κ3) is 4.53. The van der Waals surface area contributed by atoms with Gasteiger partial charge >= 0.3 is 0 Å². The molecule has 0 aliphatic carbocycles. The van der Waals surface area contributed by atoms with Crippen molar-refractivity contribution in [2.24, 2.45) is 0 Å². The average molecular weight is 179 g/mol. The third-order valence-corrected chi connectivity index (χ3v) is 1.76. The zero-order chi connectivity index (χ0) is 9.36. The SMILES string of the molecule is OCCCCCOc1cc[c]cc1. The molecule has 0 unspecified atom stereocenters. The van der Waals surface area contributed by atoms with Crippen LogP contribution in [0.25, 0.3) is 0 Å². The minimum absolute atomic E-state index is 0.278. The Morgan fingerprint density at radius 3 is 2.62 bits per heavy atom. The summed E-state index contributed by atoms with van der Waals surface area (Å²) < 4.78 is 5.45. The second kappa shape index (κ2) is 6.49. The predicted molar refractivity (Wildman–Crippen MR) is 51.7 cm³/mol. The molecule has 0 aliphatic rings. The van der Waals surface area contributed by atoms with Crippen LogP contribution in [0.3, 0.4) is 0 Å². The molecule has 0 aliphatic heterocycles. The van der Waals surface area contributed by atoms with E-state index in [0.717, 1.165) is 31.6 Å². The number of ether oxygens (including phenoxy) is 1. The smallest absolute Gasteiger partial charge is 0.119 e. The van der Waals surface area contributed by atoms with Crippen LogP contribution < -0.4 is 4.74 Å². The van der Waals surface area contributed by atoms with E-state index < -0.39 is 0 Å². The highest BCUT2D eigenvalue weighted by atomic mass is 16.5. The molecule has 0 spiro atoms. The number of hydrogen-bond donors (Lipinski definition) is 1.